The van der Waals surface area contributed by atoms with E-state index < -0.39 is 9.84 Å². The zero-order chi connectivity index (χ0) is 13.1. The van der Waals surface area contributed by atoms with E-state index in [1.165, 1.54) is 6.26 Å². The van der Waals surface area contributed by atoms with E-state index in [1.54, 1.807) is 0 Å². The molecule has 0 aromatic carbocycles. The van der Waals surface area contributed by atoms with Crippen LogP contribution in [-0.4, -0.2) is 30.7 Å². The van der Waals surface area contributed by atoms with Gasteiger partial charge in [0.15, 0.2) is 9.84 Å². The van der Waals surface area contributed by atoms with Crippen LogP contribution in [0.2, 0.25) is 0 Å². The molecular formula is C11H19N3O2S. The van der Waals surface area contributed by atoms with E-state index in [1.807, 2.05) is 26.8 Å². The molecule has 6 heteroatoms. The van der Waals surface area contributed by atoms with E-state index in [0.29, 0.717) is 18.4 Å². The van der Waals surface area contributed by atoms with Gasteiger partial charge in [-0.15, -0.1) is 0 Å². The maximum atomic E-state index is 11.2. The topological polar surface area (TPSA) is 72.0 Å². The summed E-state index contributed by atoms with van der Waals surface area (Å²) in [6, 6.07) is 2.23. The first-order valence-corrected chi connectivity index (χ1v) is 7.57. The maximum absolute atomic E-state index is 11.2. The molecule has 0 saturated heterocycles. The third-order valence-electron chi connectivity index (χ3n) is 2.04. The summed E-state index contributed by atoms with van der Waals surface area (Å²) in [4.78, 5) is 8.37. The highest BCUT2D eigenvalue weighted by Gasteiger charge is 2.09. The molecule has 0 aliphatic carbocycles. The Labute approximate surface area is 103 Å². The van der Waals surface area contributed by atoms with Crippen LogP contribution in [0.3, 0.4) is 0 Å². The van der Waals surface area contributed by atoms with Crippen molar-refractivity contribution in [1.29, 1.82) is 0 Å². The van der Waals surface area contributed by atoms with Crippen LogP contribution in [-0.2, 0) is 22.1 Å². The molecule has 0 amide bonds. The summed E-state index contributed by atoms with van der Waals surface area (Å²) in [6.45, 7) is 6.56. The summed E-state index contributed by atoms with van der Waals surface area (Å²) in [5.41, 5.74) is 1.61. The minimum Gasteiger partial charge on any atom is -0.309 e. The Hall–Kier alpha value is -1.01. The minimum absolute atomic E-state index is 0.108. The van der Waals surface area contributed by atoms with Crippen LogP contribution in [0.15, 0.2) is 6.07 Å². The first-order valence-electron chi connectivity index (χ1n) is 5.51. The summed E-state index contributed by atoms with van der Waals surface area (Å²) >= 11 is 0. The van der Waals surface area contributed by atoms with E-state index in [4.69, 9.17) is 0 Å². The quantitative estimate of drug-likeness (QED) is 0.846. The second-order valence-electron chi connectivity index (χ2n) is 4.52. The molecular weight excluding hydrogens is 238 g/mol. The molecule has 17 heavy (non-hydrogen) atoms. The molecule has 0 radical (unpaired) electrons. The van der Waals surface area contributed by atoms with Gasteiger partial charge in [0.1, 0.15) is 11.6 Å². The van der Waals surface area contributed by atoms with Gasteiger partial charge >= 0.3 is 0 Å². The maximum Gasteiger partial charge on any atom is 0.154 e. The molecule has 0 unspecified atom stereocenters. The SMILES string of the molecule is Cc1cc(CNC(C)C)nc(CS(C)(=O)=O)n1. The molecule has 5 nitrogen and oxygen atoms in total. The van der Waals surface area contributed by atoms with E-state index in [0.717, 1.165) is 11.4 Å². The molecule has 0 spiro atoms. The summed E-state index contributed by atoms with van der Waals surface area (Å²) in [5.74, 6) is 0.261. The Morgan fingerprint density at radius 1 is 1.35 bits per heavy atom. The zero-order valence-corrected chi connectivity index (χ0v) is 11.5. The van der Waals surface area contributed by atoms with E-state index in [9.17, 15) is 8.42 Å². The average molecular weight is 257 g/mol. The molecule has 0 aliphatic rings. The highest BCUT2D eigenvalue weighted by molar-refractivity contribution is 7.89. The van der Waals surface area contributed by atoms with Crippen molar-refractivity contribution in [2.24, 2.45) is 0 Å². The summed E-state index contributed by atoms with van der Waals surface area (Å²) < 4.78 is 22.4. The fourth-order valence-corrected chi connectivity index (χ4v) is 2.00. The van der Waals surface area contributed by atoms with Crippen LogP contribution in [0.1, 0.15) is 31.1 Å². The minimum atomic E-state index is -3.09. The lowest BCUT2D eigenvalue weighted by atomic mass is 10.3. The molecule has 0 aliphatic heterocycles. The van der Waals surface area contributed by atoms with Crippen molar-refractivity contribution in [3.63, 3.8) is 0 Å². The summed E-state index contributed by atoms with van der Waals surface area (Å²) in [5, 5.41) is 3.24. The van der Waals surface area contributed by atoms with Crippen LogP contribution < -0.4 is 5.32 Å². The fourth-order valence-electron chi connectivity index (χ4n) is 1.40. The predicted octanol–water partition coefficient (Wildman–Crippen LogP) is 0.828. The van der Waals surface area contributed by atoms with Crippen molar-refractivity contribution in [2.75, 3.05) is 6.26 Å². The van der Waals surface area contributed by atoms with Gasteiger partial charge in [0.2, 0.25) is 0 Å². The molecule has 96 valence electrons. The highest BCUT2D eigenvalue weighted by Crippen LogP contribution is 2.04. The third-order valence-corrected chi connectivity index (χ3v) is 2.82. The Balaban J connectivity index is 2.86. The Kier molecular flexibility index (Phi) is 4.59. The van der Waals surface area contributed by atoms with Gasteiger partial charge in [-0.25, -0.2) is 18.4 Å². The number of hydrogen-bond donors (Lipinski definition) is 1. The third kappa shape index (κ3) is 5.74. The number of hydrogen-bond acceptors (Lipinski definition) is 5. The van der Waals surface area contributed by atoms with Gasteiger partial charge in [0, 0.05) is 24.5 Å². The van der Waals surface area contributed by atoms with Crippen molar-refractivity contribution in [1.82, 2.24) is 15.3 Å². The van der Waals surface area contributed by atoms with E-state index >= 15 is 0 Å². The van der Waals surface area contributed by atoms with Crippen LogP contribution >= 0.6 is 0 Å². The second kappa shape index (κ2) is 5.55. The van der Waals surface area contributed by atoms with Crippen LogP contribution in [0.4, 0.5) is 0 Å². The zero-order valence-electron chi connectivity index (χ0n) is 10.7. The molecule has 1 N–H and O–H groups in total. The van der Waals surface area contributed by atoms with Crippen molar-refractivity contribution >= 4 is 9.84 Å². The van der Waals surface area contributed by atoms with Crippen LogP contribution in [0.25, 0.3) is 0 Å². The van der Waals surface area contributed by atoms with Crippen molar-refractivity contribution in [2.45, 2.75) is 39.1 Å². The highest BCUT2D eigenvalue weighted by atomic mass is 32.2. The molecule has 0 fully saturated rings. The fraction of sp³-hybridized carbons (Fsp3) is 0.636. The van der Waals surface area contributed by atoms with Gasteiger partial charge in [-0.2, -0.15) is 0 Å². The van der Waals surface area contributed by atoms with Crippen LogP contribution in [0, 0.1) is 6.92 Å². The predicted molar refractivity (Wildman–Crippen MR) is 67.3 cm³/mol. The smallest absolute Gasteiger partial charge is 0.154 e. The van der Waals surface area contributed by atoms with Gasteiger partial charge in [-0.3, -0.25) is 0 Å². The molecule has 0 bridgehead atoms. The van der Waals surface area contributed by atoms with E-state index in [2.05, 4.69) is 15.3 Å². The van der Waals surface area contributed by atoms with Crippen LogP contribution in [0.5, 0.6) is 0 Å². The standard InChI is InChI=1S/C11H19N3O2S/c1-8(2)12-6-10-5-9(3)13-11(14-10)7-17(4,15)16/h5,8,12H,6-7H2,1-4H3. The number of nitrogens with zero attached hydrogens (tertiary/aromatic N) is 2. The largest absolute Gasteiger partial charge is 0.309 e. The normalized spacial score (nSPS) is 12.1. The van der Waals surface area contributed by atoms with Gasteiger partial charge in [0.05, 0.1) is 5.69 Å². The summed E-state index contributed by atoms with van der Waals surface area (Å²) in [7, 11) is -3.09. The molecule has 1 aromatic rings. The monoisotopic (exact) mass is 257 g/mol. The number of sulfone groups is 1. The molecule has 0 saturated carbocycles. The van der Waals surface area contributed by atoms with E-state index in [-0.39, 0.29) is 5.75 Å². The molecule has 1 aromatic heterocycles. The first kappa shape index (κ1) is 14.1. The molecule has 0 atom stereocenters. The van der Waals surface area contributed by atoms with Gasteiger partial charge in [-0.1, -0.05) is 13.8 Å². The number of rotatable bonds is 5. The number of aryl methyl sites for hydroxylation is 1. The van der Waals surface area contributed by atoms with Gasteiger partial charge in [0.25, 0.3) is 0 Å². The Bertz CT molecular complexity index is 483. The average Bonchev–Trinajstić information content (AvgIpc) is 2.10. The second-order valence-corrected chi connectivity index (χ2v) is 6.66. The number of nitrogens with one attached hydrogen (secondary N) is 1. The lowest BCUT2D eigenvalue weighted by Crippen LogP contribution is -2.23. The lowest BCUT2D eigenvalue weighted by molar-refractivity contribution is 0.577. The van der Waals surface area contributed by atoms with Gasteiger partial charge < -0.3 is 5.32 Å². The Morgan fingerprint density at radius 3 is 2.53 bits per heavy atom. The lowest BCUT2D eigenvalue weighted by Gasteiger charge is -2.09. The van der Waals surface area contributed by atoms with Gasteiger partial charge in [-0.05, 0) is 13.0 Å². The molecule has 1 heterocycles. The first-order chi connectivity index (χ1) is 7.76. The number of aromatic nitrogens is 2. The van der Waals surface area contributed by atoms with Crippen molar-refractivity contribution < 1.29 is 8.42 Å². The van der Waals surface area contributed by atoms with Crippen molar-refractivity contribution in [3.05, 3.63) is 23.3 Å². The Morgan fingerprint density at radius 2 is 2.00 bits per heavy atom. The molecule has 1 rings (SSSR count). The van der Waals surface area contributed by atoms with Crippen molar-refractivity contribution in [3.8, 4) is 0 Å². The summed E-state index contributed by atoms with van der Waals surface area (Å²) in [6.07, 6.45) is 1.19.